The van der Waals surface area contributed by atoms with Gasteiger partial charge in [0, 0.05) is 5.41 Å². The van der Waals surface area contributed by atoms with E-state index in [0.29, 0.717) is 19.3 Å². The smallest absolute Gasteiger partial charge is 0.265 e. The van der Waals surface area contributed by atoms with Gasteiger partial charge in [0.05, 0.1) is 11.9 Å². The van der Waals surface area contributed by atoms with Crippen LogP contribution >= 0.6 is 10.0 Å². The molecule has 0 amide bonds. The normalized spacial score (nSPS) is 28.8. The summed E-state index contributed by atoms with van der Waals surface area (Å²) in [6.45, 7) is 2.12. The Hall–Kier alpha value is -2.12. The maximum absolute atomic E-state index is 12.0. The van der Waals surface area contributed by atoms with Crippen molar-refractivity contribution in [2.75, 3.05) is 12.0 Å². The number of benzene rings is 3. The van der Waals surface area contributed by atoms with E-state index >= 15 is 0 Å². The summed E-state index contributed by atoms with van der Waals surface area (Å²) < 4.78 is 33.8. The Morgan fingerprint density at radius 2 is 1.46 bits per heavy atom. The molecule has 186 valence electrons. The second kappa shape index (κ2) is 8.77. The molecule has 0 aliphatic heterocycles. The third-order valence-electron chi connectivity index (χ3n) is 8.93. The van der Waals surface area contributed by atoms with Crippen molar-refractivity contribution in [1.82, 2.24) is 0 Å². The molecule has 4 unspecified atom stereocenters. The monoisotopic (exact) mass is 510 g/mol. The van der Waals surface area contributed by atoms with Gasteiger partial charge < -0.3 is 5.11 Å². The van der Waals surface area contributed by atoms with Crippen LogP contribution in [0.15, 0.2) is 99.6 Å². The van der Waals surface area contributed by atoms with Crippen LogP contribution in [0.3, 0.4) is 0 Å². The van der Waals surface area contributed by atoms with Gasteiger partial charge in [-0.25, -0.2) is 0 Å². The molecular formula is C29H34O4S2. The molecule has 2 N–H and O–H groups in total. The van der Waals surface area contributed by atoms with Gasteiger partial charge >= 0.3 is 0 Å². The van der Waals surface area contributed by atoms with Crippen molar-refractivity contribution in [2.45, 2.75) is 53.4 Å². The van der Waals surface area contributed by atoms with Gasteiger partial charge in [-0.3, -0.25) is 4.55 Å². The molecule has 0 saturated heterocycles. The molecular weight excluding hydrogens is 476 g/mol. The first-order valence-electron chi connectivity index (χ1n) is 12.2. The Morgan fingerprint density at radius 3 is 2.00 bits per heavy atom. The number of aliphatic hydroxyl groups excluding tert-OH is 1. The molecule has 2 fully saturated rings. The average Bonchev–Trinajstić information content (AvgIpc) is 3.20. The molecule has 2 aliphatic rings. The van der Waals surface area contributed by atoms with Crippen molar-refractivity contribution < 1.29 is 18.1 Å². The van der Waals surface area contributed by atoms with Gasteiger partial charge in [-0.15, -0.1) is 0 Å². The fourth-order valence-electron chi connectivity index (χ4n) is 6.97. The van der Waals surface area contributed by atoms with E-state index in [4.69, 9.17) is 0 Å². The van der Waals surface area contributed by atoms with Crippen LogP contribution < -0.4 is 0 Å². The number of aliphatic hydroxyl groups is 1. The number of hydrogen-bond acceptors (Lipinski definition) is 3. The molecule has 0 radical (unpaired) electrons. The second-order valence-corrected chi connectivity index (χ2v) is 15.4. The summed E-state index contributed by atoms with van der Waals surface area (Å²) in [4.78, 5) is 3.83. The molecule has 35 heavy (non-hydrogen) atoms. The maximum Gasteiger partial charge on any atom is 0.265 e. The molecule has 5 rings (SSSR count). The van der Waals surface area contributed by atoms with Gasteiger partial charge in [0.25, 0.3) is 10.1 Å². The summed E-state index contributed by atoms with van der Waals surface area (Å²) in [5.74, 6) is -0.130. The molecule has 3 aromatic carbocycles. The summed E-state index contributed by atoms with van der Waals surface area (Å²) in [6.07, 6.45) is 4.42. The number of rotatable bonds is 7. The highest BCUT2D eigenvalue weighted by Crippen LogP contribution is 2.68. The fraction of sp³-hybridized carbons (Fsp3) is 0.379. The van der Waals surface area contributed by atoms with E-state index in [1.54, 1.807) is 0 Å². The summed E-state index contributed by atoms with van der Waals surface area (Å²) >= 11 is 0. The lowest BCUT2D eigenvalue weighted by Crippen LogP contribution is -2.46. The molecule has 2 saturated carbocycles. The summed E-state index contributed by atoms with van der Waals surface area (Å²) in [6, 6.07) is 29.9. The van der Waals surface area contributed by atoms with Gasteiger partial charge in [-0.1, -0.05) is 55.5 Å². The van der Waals surface area contributed by atoms with Crippen LogP contribution in [0.4, 0.5) is 0 Å². The first kappa shape index (κ1) is 24.6. The lowest BCUT2D eigenvalue weighted by molar-refractivity contribution is 0.00696. The minimum atomic E-state index is -4.21. The Bertz CT molecular complexity index is 1270. The zero-order chi connectivity index (χ0) is 24.9. The maximum atomic E-state index is 12.0. The molecule has 0 spiro atoms. The van der Waals surface area contributed by atoms with Gasteiger partial charge in [0.15, 0.2) is 0 Å². The highest BCUT2D eigenvalue weighted by molar-refractivity contribution is 8.33. The van der Waals surface area contributed by atoms with E-state index in [-0.39, 0.29) is 11.7 Å². The summed E-state index contributed by atoms with van der Waals surface area (Å²) in [5.41, 5.74) is -0.0567. The van der Waals surface area contributed by atoms with Crippen LogP contribution in [0.25, 0.3) is 0 Å². The molecule has 6 heteroatoms. The third kappa shape index (κ3) is 4.05. The zero-order valence-corrected chi connectivity index (χ0v) is 21.9. The van der Waals surface area contributed by atoms with E-state index in [1.807, 2.05) is 12.1 Å². The van der Waals surface area contributed by atoms with Crippen LogP contribution in [0.5, 0.6) is 0 Å². The van der Waals surface area contributed by atoms with Crippen molar-refractivity contribution in [2.24, 2.45) is 16.7 Å². The highest BCUT2D eigenvalue weighted by atomic mass is 32.3. The average molecular weight is 511 g/mol. The zero-order valence-electron chi connectivity index (χ0n) is 20.3. The predicted octanol–water partition coefficient (Wildman–Crippen LogP) is 6.20. The minimum Gasteiger partial charge on any atom is -0.392 e. The van der Waals surface area contributed by atoms with Crippen LogP contribution in [-0.2, 0) is 16.5 Å². The van der Waals surface area contributed by atoms with Crippen LogP contribution in [0, 0.1) is 16.7 Å². The van der Waals surface area contributed by atoms with Gasteiger partial charge in [-0.05, 0) is 99.9 Å². The minimum absolute atomic E-state index is 0.241. The van der Waals surface area contributed by atoms with Crippen LogP contribution in [0.2, 0.25) is 0 Å². The van der Waals surface area contributed by atoms with Crippen molar-refractivity contribution in [3.63, 3.8) is 0 Å². The van der Waals surface area contributed by atoms with Crippen molar-refractivity contribution in [3.05, 3.63) is 90.5 Å². The number of hydrogen-bond donors (Lipinski definition) is 2. The standard InChI is InChI=1S/C29H34O4S2/c1-28(23-16-17-29(28,27(30)19-23)21-35(31,32)33)20-22-10-9-15-26(18-22)34(2,24-11-5-3-6-12-24)25-13-7-4-8-14-25/h3-15,18,23,27,30H,16-17,19-21H2,1-2H3,(H,31,32,33). The lowest BCUT2D eigenvalue weighted by atomic mass is 9.65. The van der Waals surface area contributed by atoms with E-state index in [2.05, 4.69) is 86.0 Å². The quantitative estimate of drug-likeness (QED) is 0.371. The Labute approximate surface area is 210 Å². The Kier molecular flexibility index (Phi) is 6.16. The Balaban J connectivity index is 1.57. The van der Waals surface area contributed by atoms with E-state index < -0.39 is 37.1 Å². The molecule has 0 heterocycles. The molecule has 4 nitrogen and oxygen atoms in total. The third-order valence-corrected chi connectivity index (χ3v) is 13.4. The van der Waals surface area contributed by atoms with E-state index in [0.717, 1.165) is 12.0 Å². The second-order valence-electron chi connectivity index (χ2n) is 10.7. The predicted molar refractivity (Wildman–Crippen MR) is 142 cm³/mol. The van der Waals surface area contributed by atoms with E-state index in [1.165, 1.54) is 14.7 Å². The molecule has 3 aromatic rings. The summed E-state index contributed by atoms with van der Waals surface area (Å²) in [5, 5.41) is 11.0. The van der Waals surface area contributed by atoms with E-state index in [9.17, 15) is 18.1 Å². The van der Waals surface area contributed by atoms with Crippen molar-refractivity contribution >= 4 is 20.1 Å². The van der Waals surface area contributed by atoms with Crippen molar-refractivity contribution in [1.29, 1.82) is 0 Å². The van der Waals surface area contributed by atoms with Crippen LogP contribution in [-0.4, -0.2) is 36.2 Å². The number of fused-ring (bicyclic) bond motifs is 2. The summed E-state index contributed by atoms with van der Waals surface area (Å²) in [7, 11) is -5.71. The van der Waals surface area contributed by atoms with Crippen LogP contribution in [0.1, 0.15) is 31.7 Å². The molecule has 2 aliphatic carbocycles. The molecule has 2 bridgehead atoms. The topological polar surface area (TPSA) is 74.6 Å². The Morgan fingerprint density at radius 1 is 0.886 bits per heavy atom. The first-order valence-corrected chi connectivity index (χ1v) is 15.8. The highest BCUT2D eigenvalue weighted by Gasteiger charge is 2.66. The van der Waals surface area contributed by atoms with Gasteiger partial charge in [0.1, 0.15) is 0 Å². The van der Waals surface area contributed by atoms with Crippen molar-refractivity contribution in [3.8, 4) is 0 Å². The molecule has 4 atom stereocenters. The SMILES string of the molecule is CC1(Cc2cccc(S(C)(c3ccccc3)c3ccccc3)c2)C2CCC1(CS(=O)(=O)O)C(O)C2. The fourth-order valence-corrected chi connectivity index (χ4v) is 11.2. The van der Waals surface area contributed by atoms with Gasteiger partial charge in [0.2, 0.25) is 0 Å². The largest absolute Gasteiger partial charge is 0.392 e. The first-order chi connectivity index (χ1) is 16.6. The lowest BCUT2D eigenvalue weighted by Gasteiger charge is -2.42. The van der Waals surface area contributed by atoms with Gasteiger partial charge in [-0.2, -0.15) is 18.4 Å². The molecule has 0 aromatic heterocycles.